The molecule has 3 aliphatic heterocycles. The van der Waals surface area contributed by atoms with Crippen molar-refractivity contribution < 1.29 is 14.4 Å². The van der Waals surface area contributed by atoms with Gasteiger partial charge >= 0.3 is 0 Å². The van der Waals surface area contributed by atoms with Crippen LogP contribution in [0.25, 0.3) is 20.5 Å². The van der Waals surface area contributed by atoms with Crippen LogP contribution in [0.5, 0.6) is 0 Å². The van der Waals surface area contributed by atoms with E-state index in [1.807, 2.05) is 21.9 Å². The number of rotatable bonds is 4. The molecular formula is C33H40N4O3S. The van der Waals surface area contributed by atoms with Gasteiger partial charge in [-0.05, 0) is 44.2 Å². The predicted molar refractivity (Wildman–Crippen MR) is 164 cm³/mol. The van der Waals surface area contributed by atoms with E-state index in [0.29, 0.717) is 19.1 Å². The standard InChI is InChI=1S/C33H40N4O3S/c1-23-6-5-7-26(22-23)31-30(28-8-3-4-9-29(28)41-31)33(40)37-20-18-35(19-21-37)27-12-16-36(17-13-27)32(39)25-10-14-34(15-11-25)24(2)38/h3-9,22,25,27H,10-21H2,1-2H3. The zero-order valence-electron chi connectivity index (χ0n) is 24.2. The van der Waals surface area contributed by atoms with Crippen molar-refractivity contribution in [2.45, 2.75) is 45.6 Å². The predicted octanol–water partition coefficient (Wildman–Crippen LogP) is 4.88. The average Bonchev–Trinajstić information content (AvgIpc) is 3.40. The molecule has 6 rings (SSSR count). The SMILES string of the molecule is CC(=O)N1CCC(C(=O)N2CCC(N3CCN(C(=O)c4c(-c5cccc(C)c5)sc5ccccc45)CC3)CC2)CC1. The molecule has 3 amide bonds. The fourth-order valence-corrected chi connectivity index (χ4v) is 8.04. The highest BCUT2D eigenvalue weighted by Crippen LogP contribution is 2.39. The number of thiophene rings is 1. The van der Waals surface area contributed by atoms with Crippen molar-refractivity contribution in [2.75, 3.05) is 52.4 Å². The summed E-state index contributed by atoms with van der Waals surface area (Å²) in [6, 6.07) is 17.2. The highest BCUT2D eigenvalue weighted by molar-refractivity contribution is 7.22. The zero-order valence-corrected chi connectivity index (χ0v) is 25.0. The van der Waals surface area contributed by atoms with Crippen LogP contribution in [0.1, 0.15) is 48.5 Å². The van der Waals surface area contributed by atoms with Crippen molar-refractivity contribution in [3.63, 3.8) is 0 Å². The van der Waals surface area contributed by atoms with E-state index < -0.39 is 0 Å². The van der Waals surface area contributed by atoms with Crippen LogP contribution >= 0.6 is 11.3 Å². The largest absolute Gasteiger partial charge is 0.343 e. The monoisotopic (exact) mass is 572 g/mol. The molecule has 3 fully saturated rings. The van der Waals surface area contributed by atoms with E-state index in [4.69, 9.17) is 0 Å². The van der Waals surface area contributed by atoms with Gasteiger partial charge in [0.15, 0.2) is 0 Å². The van der Waals surface area contributed by atoms with E-state index in [9.17, 15) is 14.4 Å². The van der Waals surface area contributed by atoms with Gasteiger partial charge in [-0.3, -0.25) is 19.3 Å². The first-order valence-corrected chi connectivity index (χ1v) is 15.9. The number of carbonyl (C=O) groups is 3. The van der Waals surface area contributed by atoms with Gasteiger partial charge in [-0.2, -0.15) is 0 Å². The molecule has 2 aromatic carbocycles. The highest BCUT2D eigenvalue weighted by atomic mass is 32.1. The van der Waals surface area contributed by atoms with E-state index in [2.05, 4.69) is 53.1 Å². The minimum Gasteiger partial charge on any atom is -0.343 e. The van der Waals surface area contributed by atoms with Crippen LogP contribution in [0.3, 0.4) is 0 Å². The first-order valence-electron chi connectivity index (χ1n) is 15.0. The molecule has 0 spiro atoms. The number of nitrogens with zero attached hydrogens (tertiary/aromatic N) is 4. The Labute approximate surface area is 246 Å². The normalized spacial score (nSPS) is 19.6. The Morgan fingerprint density at radius 2 is 1.44 bits per heavy atom. The van der Waals surface area contributed by atoms with Gasteiger partial charge in [-0.25, -0.2) is 0 Å². The molecule has 3 aromatic rings. The van der Waals surface area contributed by atoms with Crippen LogP contribution in [0.15, 0.2) is 48.5 Å². The molecule has 216 valence electrons. The number of piperazine rings is 1. The molecule has 0 N–H and O–H groups in total. The Balaban J connectivity index is 1.06. The maximum absolute atomic E-state index is 14.0. The number of hydrogen-bond acceptors (Lipinski definition) is 5. The molecule has 0 saturated carbocycles. The quantitative estimate of drug-likeness (QED) is 0.447. The van der Waals surface area contributed by atoms with Crippen LogP contribution in [-0.2, 0) is 9.59 Å². The summed E-state index contributed by atoms with van der Waals surface area (Å²) in [5, 5.41) is 1.05. The van der Waals surface area contributed by atoms with Crippen LogP contribution in [0.2, 0.25) is 0 Å². The number of piperidine rings is 2. The Morgan fingerprint density at radius 1 is 0.756 bits per heavy atom. The molecule has 3 aliphatic rings. The molecule has 41 heavy (non-hydrogen) atoms. The summed E-state index contributed by atoms with van der Waals surface area (Å²) in [6.45, 7) is 9.89. The topological polar surface area (TPSA) is 64.2 Å². The van der Waals surface area contributed by atoms with E-state index in [1.54, 1.807) is 18.3 Å². The smallest absolute Gasteiger partial charge is 0.256 e. The highest BCUT2D eigenvalue weighted by Gasteiger charge is 2.34. The van der Waals surface area contributed by atoms with Gasteiger partial charge in [-0.15, -0.1) is 11.3 Å². The van der Waals surface area contributed by atoms with Gasteiger partial charge in [0.25, 0.3) is 5.91 Å². The van der Waals surface area contributed by atoms with Gasteiger partial charge in [0.2, 0.25) is 11.8 Å². The molecule has 0 aliphatic carbocycles. The Kier molecular flexibility index (Phi) is 8.13. The van der Waals surface area contributed by atoms with Crippen molar-refractivity contribution in [1.82, 2.24) is 19.6 Å². The summed E-state index contributed by atoms with van der Waals surface area (Å²) in [4.78, 5) is 48.3. The molecule has 0 atom stereocenters. The maximum atomic E-state index is 14.0. The minimum atomic E-state index is 0.0505. The van der Waals surface area contributed by atoms with E-state index in [-0.39, 0.29) is 23.6 Å². The van der Waals surface area contributed by atoms with Gasteiger partial charge in [0, 0.05) is 86.2 Å². The first-order chi connectivity index (χ1) is 19.9. The molecule has 1 aromatic heterocycles. The van der Waals surface area contributed by atoms with Crippen molar-refractivity contribution in [3.8, 4) is 10.4 Å². The number of carbonyl (C=O) groups excluding carboxylic acids is 3. The second-order valence-corrected chi connectivity index (χ2v) is 12.9. The van der Waals surface area contributed by atoms with Gasteiger partial charge in [-0.1, -0.05) is 48.0 Å². The lowest BCUT2D eigenvalue weighted by Crippen LogP contribution is -2.55. The lowest BCUT2D eigenvalue weighted by molar-refractivity contribution is -0.141. The summed E-state index contributed by atoms with van der Waals surface area (Å²) >= 11 is 1.71. The molecule has 8 heteroatoms. The summed E-state index contributed by atoms with van der Waals surface area (Å²) in [6.07, 6.45) is 3.52. The molecule has 7 nitrogen and oxygen atoms in total. The summed E-state index contributed by atoms with van der Waals surface area (Å²) < 4.78 is 1.15. The third-order valence-electron chi connectivity index (χ3n) is 9.27. The molecular weight excluding hydrogens is 532 g/mol. The second-order valence-electron chi connectivity index (χ2n) is 11.8. The lowest BCUT2D eigenvalue weighted by Gasteiger charge is -2.43. The fourth-order valence-electron chi connectivity index (χ4n) is 6.85. The number of fused-ring (bicyclic) bond motifs is 1. The van der Waals surface area contributed by atoms with E-state index in [0.717, 1.165) is 91.0 Å². The number of amides is 3. The number of hydrogen-bond donors (Lipinski definition) is 0. The van der Waals surface area contributed by atoms with Crippen molar-refractivity contribution in [3.05, 3.63) is 59.7 Å². The van der Waals surface area contributed by atoms with E-state index in [1.165, 1.54) is 5.56 Å². The molecule has 0 unspecified atom stereocenters. The summed E-state index contributed by atoms with van der Waals surface area (Å²) in [7, 11) is 0. The van der Waals surface area contributed by atoms with Crippen molar-refractivity contribution in [1.29, 1.82) is 0 Å². The number of benzene rings is 2. The fraction of sp³-hybridized carbons (Fsp3) is 0.485. The third kappa shape index (κ3) is 5.77. The molecule has 3 saturated heterocycles. The summed E-state index contributed by atoms with van der Waals surface area (Å²) in [5.41, 5.74) is 3.14. The summed E-state index contributed by atoms with van der Waals surface area (Å²) in [5.74, 6) is 0.563. The Hall–Kier alpha value is -3.23. The zero-order chi connectivity index (χ0) is 28.5. The molecule has 0 radical (unpaired) electrons. The van der Waals surface area contributed by atoms with Crippen molar-refractivity contribution >= 4 is 39.1 Å². The Bertz CT molecular complexity index is 1430. The lowest BCUT2D eigenvalue weighted by atomic mass is 9.93. The molecule has 0 bridgehead atoms. The van der Waals surface area contributed by atoms with E-state index >= 15 is 0 Å². The number of aryl methyl sites for hydroxylation is 1. The van der Waals surface area contributed by atoms with Crippen LogP contribution in [-0.4, -0.2) is 95.7 Å². The van der Waals surface area contributed by atoms with Gasteiger partial charge < -0.3 is 14.7 Å². The minimum absolute atomic E-state index is 0.0505. The second kappa shape index (κ2) is 11.9. The molecule has 4 heterocycles. The maximum Gasteiger partial charge on any atom is 0.256 e. The van der Waals surface area contributed by atoms with Gasteiger partial charge in [0.1, 0.15) is 0 Å². The van der Waals surface area contributed by atoms with Crippen LogP contribution < -0.4 is 0 Å². The first kappa shape index (κ1) is 27.9. The third-order valence-corrected chi connectivity index (χ3v) is 10.5. The van der Waals surface area contributed by atoms with Crippen LogP contribution in [0, 0.1) is 12.8 Å². The van der Waals surface area contributed by atoms with Crippen molar-refractivity contribution in [2.24, 2.45) is 5.92 Å². The Morgan fingerprint density at radius 3 is 2.12 bits per heavy atom. The van der Waals surface area contributed by atoms with Gasteiger partial charge in [0.05, 0.1) is 5.56 Å². The van der Waals surface area contributed by atoms with Crippen LogP contribution in [0.4, 0.5) is 0 Å². The number of likely N-dealkylation sites (tertiary alicyclic amines) is 2. The average molecular weight is 573 g/mol.